The zero-order valence-corrected chi connectivity index (χ0v) is 15.1. The molecule has 0 aliphatic carbocycles. The molecule has 0 bridgehead atoms. The molecule has 5 nitrogen and oxygen atoms in total. The van der Waals surface area contributed by atoms with E-state index in [-0.39, 0.29) is 12.8 Å². The summed E-state index contributed by atoms with van der Waals surface area (Å²) in [5.41, 5.74) is -1.04. The Labute approximate surface area is 141 Å². The monoisotopic (exact) mass is 329 g/mol. The van der Waals surface area contributed by atoms with Crippen LogP contribution in [0.3, 0.4) is 0 Å². The average Bonchev–Trinajstić information content (AvgIpc) is 2.51. The maximum atomic E-state index is 12.0. The first-order chi connectivity index (χ1) is 10.9. The molecule has 0 heterocycles. The van der Waals surface area contributed by atoms with Gasteiger partial charge in [0.15, 0.2) is 0 Å². The first-order valence-corrected chi connectivity index (χ1v) is 9.14. The lowest BCUT2D eigenvalue weighted by atomic mass is 9.87. The summed E-state index contributed by atoms with van der Waals surface area (Å²) in [7, 11) is 0. The molecular weight excluding hydrogens is 294 g/mol. The number of unbranched alkanes of at least 4 members (excludes halogenated alkanes) is 5. The van der Waals surface area contributed by atoms with E-state index in [4.69, 9.17) is 5.11 Å². The number of rotatable bonds is 15. The van der Waals surface area contributed by atoms with Crippen molar-refractivity contribution in [3.8, 4) is 0 Å². The van der Waals surface area contributed by atoms with Gasteiger partial charge in [-0.1, -0.05) is 52.9 Å². The number of hydrogen-bond donors (Lipinski definition) is 2. The summed E-state index contributed by atoms with van der Waals surface area (Å²) in [4.78, 5) is 25.0. The predicted molar refractivity (Wildman–Crippen MR) is 92.8 cm³/mol. The molecule has 0 aromatic rings. The van der Waals surface area contributed by atoms with E-state index in [0.29, 0.717) is 6.42 Å². The zero-order valence-electron chi connectivity index (χ0n) is 15.1. The van der Waals surface area contributed by atoms with E-state index >= 15 is 0 Å². The van der Waals surface area contributed by atoms with Gasteiger partial charge in [-0.2, -0.15) is 0 Å². The maximum Gasteiger partial charge on any atom is 0.324 e. The number of nitrogens with zero attached hydrogens (tertiary/aromatic N) is 1. The van der Waals surface area contributed by atoms with Gasteiger partial charge in [-0.3, -0.25) is 14.5 Å². The zero-order chi connectivity index (χ0) is 17.7. The molecule has 0 saturated heterocycles. The van der Waals surface area contributed by atoms with Gasteiger partial charge in [-0.25, -0.2) is 0 Å². The number of hydrogen-bond acceptors (Lipinski definition) is 3. The van der Waals surface area contributed by atoms with Crippen LogP contribution in [0.5, 0.6) is 0 Å². The van der Waals surface area contributed by atoms with Crippen LogP contribution in [0.1, 0.15) is 85.0 Å². The fourth-order valence-electron chi connectivity index (χ4n) is 3.09. The molecule has 0 radical (unpaired) electrons. The van der Waals surface area contributed by atoms with Crippen LogP contribution in [0, 0.1) is 0 Å². The minimum Gasteiger partial charge on any atom is -0.481 e. The molecule has 0 aliphatic heterocycles. The van der Waals surface area contributed by atoms with Gasteiger partial charge in [0.1, 0.15) is 5.54 Å². The Morgan fingerprint density at radius 3 is 1.83 bits per heavy atom. The van der Waals surface area contributed by atoms with Crippen molar-refractivity contribution in [2.24, 2.45) is 0 Å². The highest BCUT2D eigenvalue weighted by atomic mass is 16.4. The van der Waals surface area contributed by atoms with E-state index in [1.165, 1.54) is 0 Å². The van der Waals surface area contributed by atoms with Gasteiger partial charge in [-0.05, 0) is 38.8 Å². The van der Waals surface area contributed by atoms with E-state index < -0.39 is 17.5 Å². The van der Waals surface area contributed by atoms with E-state index in [1.54, 1.807) is 0 Å². The van der Waals surface area contributed by atoms with Crippen molar-refractivity contribution >= 4 is 11.9 Å². The molecule has 1 atom stereocenters. The summed E-state index contributed by atoms with van der Waals surface area (Å²) in [5.74, 6) is -1.81. The molecule has 0 saturated carbocycles. The van der Waals surface area contributed by atoms with E-state index in [1.807, 2.05) is 11.8 Å². The number of carboxylic acid groups (broad SMARTS) is 2. The summed E-state index contributed by atoms with van der Waals surface area (Å²) in [6.07, 6.45) is 8.02. The average molecular weight is 329 g/mol. The van der Waals surface area contributed by atoms with Crippen molar-refractivity contribution in [3.05, 3.63) is 0 Å². The Bertz CT molecular complexity index is 346. The van der Waals surface area contributed by atoms with Crippen molar-refractivity contribution in [2.45, 2.75) is 90.5 Å². The van der Waals surface area contributed by atoms with Crippen LogP contribution < -0.4 is 0 Å². The van der Waals surface area contributed by atoms with E-state index in [2.05, 4.69) is 13.8 Å². The second-order valence-corrected chi connectivity index (χ2v) is 6.34. The van der Waals surface area contributed by atoms with E-state index in [9.17, 15) is 14.7 Å². The molecule has 23 heavy (non-hydrogen) atoms. The molecule has 2 N–H and O–H groups in total. The van der Waals surface area contributed by atoms with Crippen LogP contribution >= 0.6 is 0 Å². The summed E-state index contributed by atoms with van der Waals surface area (Å²) in [5, 5.41) is 18.8. The molecule has 136 valence electrons. The normalized spacial score (nSPS) is 13.9. The Balaban J connectivity index is 5.07. The van der Waals surface area contributed by atoms with Gasteiger partial charge in [0.25, 0.3) is 0 Å². The lowest BCUT2D eigenvalue weighted by molar-refractivity contribution is -0.154. The molecular formula is C18H35NO4. The van der Waals surface area contributed by atoms with Gasteiger partial charge in [0, 0.05) is 6.42 Å². The highest BCUT2D eigenvalue weighted by Crippen LogP contribution is 2.28. The SMILES string of the molecule is CCCCCCN(CCCCC)C(CC)(CCC(=O)O)C(=O)O. The van der Waals surface area contributed by atoms with Crippen LogP contribution in [-0.4, -0.2) is 45.7 Å². The Kier molecular flexibility index (Phi) is 11.7. The van der Waals surface area contributed by atoms with Crippen LogP contribution in [0.15, 0.2) is 0 Å². The standard InChI is InChI=1S/C18H35NO4/c1-4-7-9-11-15-19(14-10-8-5-2)18(6-3,17(22)23)13-12-16(20)21/h4-15H2,1-3H3,(H,20,21)(H,22,23). The third-order valence-electron chi connectivity index (χ3n) is 4.65. The van der Waals surface area contributed by atoms with Gasteiger partial charge < -0.3 is 10.2 Å². The predicted octanol–water partition coefficient (Wildman–Crippen LogP) is 4.16. The van der Waals surface area contributed by atoms with Crippen molar-refractivity contribution < 1.29 is 19.8 Å². The minimum atomic E-state index is -1.04. The lowest BCUT2D eigenvalue weighted by Crippen LogP contribution is -2.55. The molecule has 5 heteroatoms. The molecule has 0 rings (SSSR count). The fourth-order valence-corrected chi connectivity index (χ4v) is 3.09. The third kappa shape index (κ3) is 7.82. The largest absolute Gasteiger partial charge is 0.481 e. The van der Waals surface area contributed by atoms with Gasteiger partial charge in [0.2, 0.25) is 0 Å². The van der Waals surface area contributed by atoms with Gasteiger partial charge in [0.05, 0.1) is 0 Å². The van der Waals surface area contributed by atoms with Crippen LogP contribution in [0.4, 0.5) is 0 Å². The summed E-state index contributed by atoms with van der Waals surface area (Å²) < 4.78 is 0. The van der Waals surface area contributed by atoms with Gasteiger partial charge in [-0.15, -0.1) is 0 Å². The van der Waals surface area contributed by atoms with Gasteiger partial charge >= 0.3 is 11.9 Å². The molecule has 0 spiro atoms. The Morgan fingerprint density at radius 1 is 0.870 bits per heavy atom. The highest BCUT2D eigenvalue weighted by molar-refractivity contribution is 5.80. The molecule has 0 fully saturated rings. The topological polar surface area (TPSA) is 77.8 Å². The van der Waals surface area contributed by atoms with Crippen molar-refractivity contribution in [1.29, 1.82) is 0 Å². The second-order valence-electron chi connectivity index (χ2n) is 6.34. The minimum absolute atomic E-state index is 0.0978. The highest BCUT2D eigenvalue weighted by Gasteiger charge is 2.42. The summed E-state index contributed by atoms with van der Waals surface area (Å²) in [6.45, 7) is 7.61. The van der Waals surface area contributed by atoms with Crippen molar-refractivity contribution in [3.63, 3.8) is 0 Å². The van der Waals surface area contributed by atoms with Crippen molar-refractivity contribution in [1.82, 2.24) is 4.90 Å². The molecule has 0 amide bonds. The second kappa shape index (κ2) is 12.3. The Morgan fingerprint density at radius 2 is 1.39 bits per heavy atom. The summed E-state index contributed by atoms with van der Waals surface area (Å²) in [6, 6.07) is 0. The van der Waals surface area contributed by atoms with E-state index in [0.717, 1.165) is 58.0 Å². The number of aliphatic carboxylic acids is 2. The van der Waals surface area contributed by atoms with Crippen LogP contribution in [-0.2, 0) is 9.59 Å². The first-order valence-electron chi connectivity index (χ1n) is 9.14. The van der Waals surface area contributed by atoms with Crippen molar-refractivity contribution in [2.75, 3.05) is 13.1 Å². The maximum absolute atomic E-state index is 12.0. The third-order valence-corrected chi connectivity index (χ3v) is 4.65. The molecule has 0 aromatic carbocycles. The molecule has 1 unspecified atom stereocenters. The molecule has 0 aromatic heterocycles. The van der Waals surface area contributed by atoms with Crippen LogP contribution in [0.2, 0.25) is 0 Å². The first kappa shape index (κ1) is 21.9. The fraction of sp³-hybridized carbons (Fsp3) is 0.889. The van der Waals surface area contributed by atoms with Crippen LogP contribution in [0.25, 0.3) is 0 Å². The smallest absolute Gasteiger partial charge is 0.324 e. The number of carbonyl (C=O) groups is 2. The molecule has 0 aliphatic rings. The quantitative estimate of drug-likeness (QED) is 0.441. The number of carboxylic acids is 2. The Hall–Kier alpha value is -1.10. The lowest BCUT2D eigenvalue weighted by Gasteiger charge is -2.40. The summed E-state index contributed by atoms with van der Waals surface area (Å²) >= 11 is 0.